The SMILES string of the molecule is CC1CN(C(=O)[C@@H](NC(=O)NC2(CS(=O)(=O)C(C)(C)C)CCCCC2)C2(C)CCCCC2)[C@H](C(=O)N[C@@H](CCC2CC2)C(=O)C(=O)NC2CC2)CC1(C)C. The van der Waals surface area contributed by atoms with E-state index >= 15 is 4.79 Å². The number of carbonyl (C=O) groups excluding carboxylic acids is 5. The molecule has 0 aromatic heterocycles. The number of nitrogens with one attached hydrogen (secondary N) is 4. The average molecular weight is 776 g/mol. The second-order valence-corrected chi connectivity index (χ2v) is 22.5. The van der Waals surface area contributed by atoms with Crippen molar-refractivity contribution in [3.05, 3.63) is 0 Å². The summed E-state index contributed by atoms with van der Waals surface area (Å²) in [6.45, 7) is 13.6. The van der Waals surface area contributed by atoms with Gasteiger partial charge < -0.3 is 26.2 Å². The summed E-state index contributed by atoms with van der Waals surface area (Å²) in [5, 5.41) is 11.9. The van der Waals surface area contributed by atoms with Gasteiger partial charge in [0.25, 0.3) is 5.91 Å². The Hall–Kier alpha value is -2.70. The zero-order valence-corrected chi connectivity index (χ0v) is 34.9. The van der Waals surface area contributed by atoms with Crippen LogP contribution >= 0.6 is 0 Å². The second-order valence-electron chi connectivity index (χ2n) is 19.8. The van der Waals surface area contributed by atoms with Gasteiger partial charge in [-0.05, 0) is 101 Å². The highest BCUT2D eigenvalue weighted by Gasteiger charge is 2.51. The Morgan fingerprint density at radius 3 is 1.98 bits per heavy atom. The fourth-order valence-corrected chi connectivity index (χ4v) is 10.3. The van der Waals surface area contributed by atoms with Crippen molar-refractivity contribution in [2.24, 2.45) is 22.7 Å². The Kier molecular flexibility index (Phi) is 12.9. The van der Waals surface area contributed by atoms with Gasteiger partial charge in [-0.15, -0.1) is 0 Å². The van der Waals surface area contributed by atoms with Crippen LogP contribution in [0.3, 0.4) is 0 Å². The molecule has 1 saturated heterocycles. The Balaban J connectivity index is 1.41. The van der Waals surface area contributed by atoms with E-state index in [1.807, 2.05) is 6.92 Å². The minimum Gasteiger partial charge on any atom is -0.347 e. The summed E-state index contributed by atoms with van der Waals surface area (Å²) >= 11 is 0. The summed E-state index contributed by atoms with van der Waals surface area (Å²) in [5.74, 6) is -1.77. The van der Waals surface area contributed by atoms with Gasteiger partial charge in [0.05, 0.1) is 22.1 Å². The zero-order chi connectivity index (χ0) is 39.7. The van der Waals surface area contributed by atoms with E-state index in [2.05, 4.69) is 42.0 Å². The number of amides is 5. The molecule has 5 fully saturated rings. The number of nitrogens with zero attached hydrogens (tertiary/aromatic N) is 1. The number of ketones is 1. The first-order valence-electron chi connectivity index (χ1n) is 20.9. The van der Waals surface area contributed by atoms with Crippen molar-refractivity contribution in [3.63, 3.8) is 0 Å². The number of likely N-dealkylation sites (tertiary alicyclic amines) is 1. The molecule has 13 heteroatoms. The molecule has 0 aromatic carbocycles. The summed E-state index contributed by atoms with van der Waals surface area (Å²) in [6, 6.07) is -3.41. The molecular weight excluding hydrogens is 707 g/mol. The number of Topliss-reactive ketones (excluding diaryl/α,β-unsaturated/α-hetero) is 1. The molecule has 1 heterocycles. The van der Waals surface area contributed by atoms with Crippen LogP contribution in [-0.4, -0.2) is 89.6 Å². The molecule has 4 N–H and O–H groups in total. The topological polar surface area (TPSA) is 171 Å². The molecule has 4 saturated carbocycles. The molecule has 0 aromatic rings. The number of piperidine rings is 1. The molecule has 306 valence electrons. The lowest BCUT2D eigenvalue weighted by atomic mass is 9.68. The highest BCUT2D eigenvalue weighted by Crippen LogP contribution is 2.43. The van der Waals surface area contributed by atoms with Gasteiger partial charge in [-0.1, -0.05) is 79.1 Å². The van der Waals surface area contributed by atoms with E-state index in [0.29, 0.717) is 44.4 Å². The lowest BCUT2D eigenvalue weighted by Crippen LogP contribution is -2.67. The van der Waals surface area contributed by atoms with E-state index in [1.54, 1.807) is 25.7 Å². The first-order chi connectivity index (χ1) is 25.2. The van der Waals surface area contributed by atoms with Crippen LogP contribution in [0, 0.1) is 22.7 Å². The Bertz CT molecular complexity index is 1520. The number of sulfone groups is 1. The van der Waals surface area contributed by atoms with Crippen LogP contribution in [-0.2, 0) is 29.0 Å². The van der Waals surface area contributed by atoms with Crippen LogP contribution < -0.4 is 21.3 Å². The number of hydrogen-bond acceptors (Lipinski definition) is 7. The molecule has 0 radical (unpaired) electrons. The van der Waals surface area contributed by atoms with Gasteiger partial charge >= 0.3 is 6.03 Å². The molecule has 0 bridgehead atoms. The number of carbonyl (C=O) groups is 5. The van der Waals surface area contributed by atoms with Gasteiger partial charge in [0.15, 0.2) is 9.84 Å². The Morgan fingerprint density at radius 2 is 1.43 bits per heavy atom. The van der Waals surface area contributed by atoms with E-state index in [4.69, 9.17) is 0 Å². The van der Waals surface area contributed by atoms with E-state index in [0.717, 1.165) is 70.6 Å². The second kappa shape index (κ2) is 16.4. The summed E-state index contributed by atoms with van der Waals surface area (Å²) in [7, 11) is -3.57. The Labute approximate surface area is 324 Å². The molecule has 5 amide bonds. The van der Waals surface area contributed by atoms with Gasteiger partial charge in [-0.25, -0.2) is 13.2 Å². The number of urea groups is 1. The normalized spacial score (nSPS) is 26.5. The molecular formula is C41H69N5O7S. The minimum atomic E-state index is -3.57. The first-order valence-corrected chi connectivity index (χ1v) is 22.6. The maximum atomic E-state index is 15.1. The fourth-order valence-electron chi connectivity index (χ4n) is 8.82. The first kappa shape index (κ1) is 42.4. The van der Waals surface area contributed by atoms with Crippen molar-refractivity contribution < 1.29 is 32.4 Å². The van der Waals surface area contributed by atoms with E-state index in [1.165, 1.54) is 0 Å². The standard InChI is InChI=1S/C41H69N5O7S/c1-27-25-46(31(24-39(27,5)6)34(48)43-30(19-16-28-14-15-28)32(47)35(49)42-29-17-18-29)36(50)33(40(7)20-10-8-11-21-40)44-37(51)45-41(22-12-9-13-23-41)26-54(52,53)38(2,3)4/h27-31,33H,8-26H2,1-7H3,(H,42,49)(H,43,48)(H2,44,45,51)/t27?,30-,31-,33+/m0/s1. The van der Waals surface area contributed by atoms with Gasteiger partial charge in [-0.2, -0.15) is 0 Å². The fraction of sp³-hybridized carbons (Fsp3) is 0.878. The number of rotatable bonds is 14. The van der Waals surface area contributed by atoms with Crippen molar-refractivity contribution in [1.82, 2.24) is 26.2 Å². The van der Waals surface area contributed by atoms with E-state index in [9.17, 15) is 27.6 Å². The molecule has 5 aliphatic rings. The third-order valence-corrected chi connectivity index (χ3v) is 16.4. The summed E-state index contributed by atoms with van der Waals surface area (Å²) in [4.78, 5) is 71.7. The molecule has 4 atom stereocenters. The molecule has 54 heavy (non-hydrogen) atoms. The largest absolute Gasteiger partial charge is 0.347 e. The van der Waals surface area contributed by atoms with Gasteiger partial charge in [0.1, 0.15) is 12.1 Å². The van der Waals surface area contributed by atoms with Crippen LogP contribution in [0.15, 0.2) is 0 Å². The van der Waals surface area contributed by atoms with Gasteiger partial charge in [0.2, 0.25) is 17.6 Å². The van der Waals surface area contributed by atoms with Crippen LogP contribution in [0.4, 0.5) is 4.79 Å². The smallest absolute Gasteiger partial charge is 0.315 e. The number of hydrogen-bond donors (Lipinski definition) is 4. The predicted molar refractivity (Wildman–Crippen MR) is 209 cm³/mol. The van der Waals surface area contributed by atoms with E-state index < -0.39 is 67.3 Å². The van der Waals surface area contributed by atoms with Gasteiger partial charge in [0, 0.05) is 12.6 Å². The zero-order valence-electron chi connectivity index (χ0n) is 34.1. The minimum absolute atomic E-state index is 0.00801. The molecule has 1 unspecified atom stereocenters. The molecule has 0 spiro atoms. The lowest BCUT2D eigenvalue weighted by Gasteiger charge is -2.50. The van der Waals surface area contributed by atoms with Crippen LogP contribution in [0.1, 0.15) is 158 Å². The quantitative estimate of drug-likeness (QED) is 0.173. The van der Waals surface area contributed by atoms with Crippen molar-refractivity contribution in [2.75, 3.05) is 12.3 Å². The van der Waals surface area contributed by atoms with Crippen molar-refractivity contribution in [1.29, 1.82) is 0 Å². The summed E-state index contributed by atoms with van der Waals surface area (Å²) < 4.78 is 26.0. The predicted octanol–water partition coefficient (Wildman–Crippen LogP) is 5.33. The van der Waals surface area contributed by atoms with Crippen molar-refractivity contribution in [3.8, 4) is 0 Å². The van der Waals surface area contributed by atoms with Gasteiger partial charge in [-0.3, -0.25) is 19.2 Å². The van der Waals surface area contributed by atoms with E-state index in [-0.39, 0.29) is 35.6 Å². The highest BCUT2D eigenvalue weighted by atomic mass is 32.2. The van der Waals surface area contributed by atoms with Crippen molar-refractivity contribution >= 4 is 39.4 Å². The lowest BCUT2D eigenvalue weighted by molar-refractivity contribution is -0.152. The third-order valence-electron chi connectivity index (χ3n) is 13.6. The molecule has 4 aliphatic carbocycles. The van der Waals surface area contributed by atoms with Crippen LogP contribution in [0.2, 0.25) is 0 Å². The summed E-state index contributed by atoms with van der Waals surface area (Å²) in [6.07, 6.45) is 13.2. The Morgan fingerprint density at radius 1 is 0.833 bits per heavy atom. The van der Waals surface area contributed by atoms with Crippen molar-refractivity contribution in [2.45, 2.75) is 192 Å². The monoisotopic (exact) mass is 775 g/mol. The van der Waals surface area contributed by atoms with Crippen LogP contribution in [0.5, 0.6) is 0 Å². The third kappa shape index (κ3) is 10.4. The molecule has 5 rings (SSSR count). The molecule has 1 aliphatic heterocycles. The molecule has 12 nitrogen and oxygen atoms in total. The maximum Gasteiger partial charge on any atom is 0.315 e. The highest BCUT2D eigenvalue weighted by molar-refractivity contribution is 7.92. The van der Waals surface area contributed by atoms with Crippen LogP contribution in [0.25, 0.3) is 0 Å². The summed E-state index contributed by atoms with van der Waals surface area (Å²) in [5.41, 5.74) is -1.85. The average Bonchev–Trinajstić information content (AvgIpc) is 4.03. The maximum absolute atomic E-state index is 15.1.